The van der Waals surface area contributed by atoms with Gasteiger partial charge in [0.15, 0.2) is 0 Å². The molecule has 2 rings (SSSR count). The van der Waals surface area contributed by atoms with Crippen LogP contribution in [0.5, 0.6) is 0 Å². The Morgan fingerprint density at radius 2 is 1.81 bits per heavy atom. The molecule has 2 fully saturated rings. The molecule has 0 aromatic heterocycles. The number of rotatable bonds is 2. The molecule has 1 unspecified atom stereocenters. The summed E-state index contributed by atoms with van der Waals surface area (Å²) in [5.41, 5.74) is 0. The summed E-state index contributed by atoms with van der Waals surface area (Å²) in [6.07, 6.45) is 8.89. The fourth-order valence-electron chi connectivity index (χ4n) is 3.09. The Kier molecular flexibility index (Phi) is 6.71. The second kappa shape index (κ2) is 7.52. The monoisotopic (exact) mass is 246 g/mol. The quantitative estimate of drug-likeness (QED) is 0.754. The molecule has 96 valence electrons. The van der Waals surface area contributed by atoms with Crippen molar-refractivity contribution < 1.29 is 0 Å². The summed E-state index contributed by atoms with van der Waals surface area (Å²) in [7, 11) is 0. The third-order valence-electron chi connectivity index (χ3n) is 3.94. The summed E-state index contributed by atoms with van der Waals surface area (Å²) in [4.78, 5) is 2.68. The molecule has 0 amide bonds. The largest absolute Gasteiger partial charge is 0.312 e. The molecular formula is C13H27ClN2. The molecule has 3 heteroatoms. The normalized spacial score (nSPS) is 29.4. The van der Waals surface area contributed by atoms with Gasteiger partial charge in [0.1, 0.15) is 0 Å². The fraction of sp³-hybridized carbons (Fsp3) is 1.00. The standard InChI is InChI=1S/C13H26N2.ClH/c1-12-10-15(9-8-14-12)11-13-6-4-2-3-5-7-13;/h12-14H,2-11H2,1H3;1H. The van der Waals surface area contributed by atoms with E-state index in [2.05, 4.69) is 17.1 Å². The SMILES string of the molecule is CC1CN(CC2CCCCCC2)CCN1.Cl. The number of nitrogens with zero attached hydrogens (tertiary/aromatic N) is 1. The van der Waals surface area contributed by atoms with Gasteiger partial charge in [0.25, 0.3) is 0 Å². The first kappa shape index (κ1) is 14.3. The summed E-state index contributed by atoms with van der Waals surface area (Å²) >= 11 is 0. The molecule has 1 heterocycles. The van der Waals surface area contributed by atoms with Crippen molar-refractivity contribution in [1.29, 1.82) is 0 Å². The molecule has 2 nitrogen and oxygen atoms in total. The van der Waals surface area contributed by atoms with Gasteiger partial charge in [-0.2, -0.15) is 0 Å². The Morgan fingerprint density at radius 3 is 2.44 bits per heavy atom. The lowest BCUT2D eigenvalue weighted by molar-refractivity contribution is 0.172. The molecular weight excluding hydrogens is 220 g/mol. The van der Waals surface area contributed by atoms with Crippen LogP contribution in [0.2, 0.25) is 0 Å². The zero-order valence-corrected chi connectivity index (χ0v) is 11.4. The van der Waals surface area contributed by atoms with Crippen molar-refractivity contribution in [3.05, 3.63) is 0 Å². The van der Waals surface area contributed by atoms with Crippen LogP contribution >= 0.6 is 12.4 Å². The highest BCUT2D eigenvalue weighted by Crippen LogP contribution is 2.23. The maximum atomic E-state index is 3.52. The average Bonchev–Trinajstić information content (AvgIpc) is 2.46. The molecule has 0 radical (unpaired) electrons. The number of hydrogen-bond donors (Lipinski definition) is 1. The second-order valence-electron chi connectivity index (χ2n) is 5.47. The first-order valence-electron chi connectivity index (χ1n) is 6.80. The molecule has 0 spiro atoms. The third-order valence-corrected chi connectivity index (χ3v) is 3.94. The van der Waals surface area contributed by atoms with Crippen molar-refractivity contribution in [2.24, 2.45) is 5.92 Å². The van der Waals surface area contributed by atoms with E-state index < -0.39 is 0 Å². The van der Waals surface area contributed by atoms with Gasteiger partial charge < -0.3 is 10.2 Å². The first-order valence-corrected chi connectivity index (χ1v) is 6.80. The highest BCUT2D eigenvalue weighted by molar-refractivity contribution is 5.85. The van der Waals surface area contributed by atoms with E-state index in [9.17, 15) is 0 Å². The molecule has 1 aliphatic heterocycles. The van der Waals surface area contributed by atoms with Crippen molar-refractivity contribution in [3.8, 4) is 0 Å². The second-order valence-corrected chi connectivity index (χ2v) is 5.47. The number of halogens is 1. The van der Waals surface area contributed by atoms with Crippen LogP contribution in [0.4, 0.5) is 0 Å². The van der Waals surface area contributed by atoms with Crippen molar-refractivity contribution in [1.82, 2.24) is 10.2 Å². The molecule has 1 N–H and O–H groups in total. The summed E-state index contributed by atoms with van der Waals surface area (Å²) in [6, 6.07) is 0.699. The fourth-order valence-corrected chi connectivity index (χ4v) is 3.09. The summed E-state index contributed by atoms with van der Waals surface area (Å²) < 4.78 is 0. The number of piperazine rings is 1. The van der Waals surface area contributed by atoms with E-state index in [1.54, 1.807) is 0 Å². The zero-order valence-electron chi connectivity index (χ0n) is 10.6. The minimum Gasteiger partial charge on any atom is -0.312 e. The van der Waals surface area contributed by atoms with Crippen molar-refractivity contribution in [2.75, 3.05) is 26.2 Å². The van der Waals surface area contributed by atoms with E-state index in [4.69, 9.17) is 0 Å². The van der Waals surface area contributed by atoms with E-state index in [1.807, 2.05) is 0 Å². The Bertz CT molecular complexity index is 179. The van der Waals surface area contributed by atoms with Crippen LogP contribution in [0, 0.1) is 5.92 Å². The third kappa shape index (κ3) is 4.60. The van der Waals surface area contributed by atoms with Gasteiger partial charge >= 0.3 is 0 Å². The maximum absolute atomic E-state index is 3.52. The van der Waals surface area contributed by atoms with E-state index >= 15 is 0 Å². The predicted octanol–water partition coefficient (Wildman–Crippen LogP) is 2.67. The van der Waals surface area contributed by atoms with Crippen molar-refractivity contribution >= 4 is 12.4 Å². The summed E-state index contributed by atoms with van der Waals surface area (Å²) in [5.74, 6) is 0.998. The Labute approximate surface area is 107 Å². The van der Waals surface area contributed by atoms with Crippen LogP contribution in [0.3, 0.4) is 0 Å². The molecule has 0 aromatic rings. The van der Waals surface area contributed by atoms with Gasteiger partial charge in [-0.25, -0.2) is 0 Å². The van der Waals surface area contributed by atoms with Crippen LogP contribution in [-0.4, -0.2) is 37.1 Å². The van der Waals surface area contributed by atoms with Crippen molar-refractivity contribution in [3.63, 3.8) is 0 Å². The van der Waals surface area contributed by atoms with Gasteiger partial charge in [-0.3, -0.25) is 0 Å². The Morgan fingerprint density at radius 1 is 1.12 bits per heavy atom. The van der Waals surface area contributed by atoms with Crippen LogP contribution in [0.15, 0.2) is 0 Å². The lowest BCUT2D eigenvalue weighted by Crippen LogP contribution is -2.50. The van der Waals surface area contributed by atoms with E-state index in [1.165, 1.54) is 64.7 Å². The molecule has 2 aliphatic rings. The zero-order chi connectivity index (χ0) is 10.5. The minimum absolute atomic E-state index is 0. The number of nitrogens with one attached hydrogen (secondary N) is 1. The highest BCUT2D eigenvalue weighted by Gasteiger charge is 2.20. The number of hydrogen-bond acceptors (Lipinski definition) is 2. The van der Waals surface area contributed by atoms with Gasteiger partial charge in [0, 0.05) is 32.2 Å². The molecule has 0 aromatic carbocycles. The molecule has 1 saturated carbocycles. The van der Waals surface area contributed by atoms with Crippen molar-refractivity contribution in [2.45, 2.75) is 51.5 Å². The predicted molar refractivity (Wildman–Crippen MR) is 72.3 cm³/mol. The van der Waals surface area contributed by atoms with Crippen LogP contribution in [0.1, 0.15) is 45.4 Å². The van der Waals surface area contributed by atoms with E-state index in [0.29, 0.717) is 6.04 Å². The molecule has 1 aliphatic carbocycles. The summed E-state index contributed by atoms with van der Waals surface area (Å²) in [6.45, 7) is 7.39. The Hall–Kier alpha value is 0.210. The molecule has 0 bridgehead atoms. The lowest BCUT2D eigenvalue weighted by Gasteiger charge is -2.34. The first-order chi connectivity index (χ1) is 7.34. The maximum Gasteiger partial charge on any atom is 0.0167 e. The van der Waals surface area contributed by atoms with Gasteiger partial charge in [-0.1, -0.05) is 25.7 Å². The Balaban J connectivity index is 0.00000128. The lowest BCUT2D eigenvalue weighted by atomic mass is 9.99. The van der Waals surface area contributed by atoms with Gasteiger partial charge in [0.2, 0.25) is 0 Å². The molecule has 1 saturated heterocycles. The molecule has 1 atom stereocenters. The van der Waals surface area contributed by atoms with Crippen LogP contribution in [0.25, 0.3) is 0 Å². The van der Waals surface area contributed by atoms with Crippen LogP contribution in [-0.2, 0) is 0 Å². The average molecular weight is 247 g/mol. The van der Waals surface area contributed by atoms with E-state index in [-0.39, 0.29) is 12.4 Å². The summed E-state index contributed by atoms with van der Waals surface area (Å²) in [5, 5.41) is 3.52. The molecule has 16 heavy (non-hydrogen) atoms. The van der Waals surface area contributed by atoms with Gasteiger partial charge in [0.05, 0.1) is 0 Å². The van der Waals surface area contributed by atoms with Gasteiger partial charge in [-0.05, 0) is 25.7 Å². The smallest absolute Gasteiger partial charge is 0.0167 e. The van der Waals surface area contributed by atoms with E-state index in [0.717, 1.165) is 5.92 Å². The van der Waals surface area contributed by atoms with Gasteiger partial charge in [-0.15, -0.1) is 12.4 Å². The topological polar surface area (TPSA) is 15.3 Å². The minimum atomic E-state index is 0. The van der Waals surface area contributed by atoms with Crippen LogP contribution < -0.4 is 5.32 Å². The highest BCUT2D eigenvalue weighted by atomic mass is 35.5.